The van der Waals surface area contributed by atoms with Crippen molar-refractivity contribution >= 4 is 34.9 Å². The van der Waals surface area contributed by atoms with Gasteiger partial charge in [0.05, 0.1) is 29.4 Å². The van der Waals surface area contributed by atoms with Crippen LogP contribution in [-0.2, 0) is 11.3 Å². The van der Waals surface area contributed by atoms with Crippen molar-refractivity contribution in [2.75, 3.05) is 12.4 Å². The van der Waals surface area contributed by atoms with Gasteiger partial charge in [-0.25, -0.2) is 9.18 Å². The van der Waals surface area contributed by atoms with Gasteiger partial charge in [0.2, 0.25) is 5.76 Å². The van der Waals surface area contributed by atoms with Gasteiger partial charge in [0.1, 0.15) is 11.6 Å². The summed E-state index contributed by atoms with van der Waals surface area (Å²) < 4.78 is 22.8. The Morgan fingerprint density at radius 3 is 2.60 bits per heavy atom. The largest absolute Gasteiger partial charge is 0.463 e. The lowest BCUT2D eigenvalue weighted by Crippen LogP contribution is -2.01. The Bertz CT molecular complexity index is 619. The van der Waals surface area contributed by atoms with Crippen molar-refractivity contribution in [2.45, 2.75) is 6.54 Å². The smallest absolute Gasteiger partial charge is 0.373 e. The molecule has 0 amide bonds. The van der Waals surface area contributed by atoms with E-state index in [2.05, 4.69) is 10.1 Å². The van der Waals surface area contributed by atoms with Crippen LogP contribution in [0.4, 0.5) is 10.1 Å². The highest BCUT2D eigenvalue weighted by Gasteiger charge is 2.12. The molecule has 0 spiro atoms. The van der Waals surface area contributed by atoms with Crippen molar-refractivity contribution in [3.8, 4) is 0 Å². The molecular formula is C13H10Cl2FNO3. The molecule has 0 atom stereocenters. The Labute approximate surface area is 124 Å². The second-order valence-corrected chi connectivity index (χ2v) is 4.67. The van der Waals surface area contributed by atoms with Crippen molar-refractivity contribution in [1.29, 1.82) is 0 Å². The Balaban J connectivity index is 2.09. The van der Waals surface area contributed by atoms with Crippen LogP contribution >= 0.6 is 23.2 Å². The number of methoxy groups -OCH3 is 1. The van der Waals surface area contributed by atoms with E-state index in [0.717, 1.165) is 12.1 Å². The Kier molecular flexibility index (Phi) is 4.52. The average Bonchev–Trinajstić information content (AvgIpc) is 2.85. The Morgan fingerprint density at radius 2 is 2.00 bits per heavy atom. The monoisotopic (exact) mass is 317 g/mol. The van der Waals surface area contributed by atoms with Crippen molar-refractivity contribution in [1.82, 2.24) is 0 Å². The molecule has 2 rings (SSSR count). The number of hydrogen-bond donors (Lipinski definition) is 1. The molecule has 0 bridgehead atoms. The molecule has 1 heterocycles. The number of rotatable bonds is 4. The lowest BCUT2D eigenvalue weighted by molar-refractivity contribution is 0.0563. The first-order chi connectivity index (χ1) is 9.51. The molecular weight excluding hydrogens is 308 g/mol. The fourth-order valence-electron chi connectivity index (χ4n) is 1.57. The first kappa shape index (κ1) is 14.7. The Hall–Kier alpha value is -1.72. The number of benzene rings is 1. The highest BCUT2D eigenvalue weighted by atomic mass is 35.5. The van der Waals surface area contributed by atoms with Gasteiger partial charge in [-0.1, -0.05) is 23.2 Å². The quantitative estimate of drug-likeness (QED) is 0.862. The number of carbonyl (C=O) groups is 1. The van der Waals surface area contributed by atoms with Gasteiger partial charge in [0.25, 0.3) is 0 Å². The summed E-state index contributed by atoms with van der Waals surface area (Å²) in [6.07, 6.45) is 0. The highest BCUT2D eigenvalue weighted by molar-refractivity contribution is 6.39. The van der Waals surface area contributed by atoms with Crippen molar-refractivity contribution in [3.05, 3.63) is 51.6 Å². The first-order valence-corrected chi connectivity index (χ1v) is 6.32. The molecule has 106 valence electrons. The number of halogens is 3. The van der Waals surface area contributed by atoms with Crippen LogP contribution in [0.3, 0.4) is 0 Å². The summed E-state index contributed by atoms with van der Waals surface area (Å²) in [7, 11) is 1.26. The van der Waals surface area contributed by atoms with Gasteiger partial charge in [0, 0.05) is 0 Å². The minimum atomic E-state index is -0.561. The maximum Gasteiger partial charge on any atom is 0.373 e. The van der Waals surface area contributed by atoms with Crippen LogP contribution in [0.25, 0.3) is 0 Å². The first-order valence-electron chi connectivity index (χ1n) is 5.56. The van der Waals surface area contributed by atoms with Gasteiger partial charge in [-0.15, -0.1) is 0 Å². The van der Waals surface area contributed by atoms with Gasteiger partial charge in [-0.2, -0.15) is 0 Å². The molecule has 20 heavy (non-hydrogen) atoms. The maximum absolute atomic E-state index is 13.0. The molecule has 0 aliphatic rings. The second-order valence-electron chi connectivity index (χ2n) is 3.86. The third-order valence-electron chi connectivity index (χ3n) is 2.49. The molecule has 0 aliphatic carbocycles. The summed E-state index contributed by atoms with van der Waals surface area (Å²) >= 11 is 11.8. The van der Waals surface area contributed by atoms with Crippen molar-refractivity contribution in [2.24, 2.45) is 0 Å². The molecule has 7 heteroatoms. The highest BCUT2D eigenvalue weighted by Crippen LogP contribution is 2.31. The van der Waals surface area contributed by atoms with E-state index >= 15 is 0 Å². The van der Waals surface area contributed by atoms with Gasteiger partial charge >= 0.3 is 5.97 Å². The normalized spacial score (nSPS) is 10.4. The van der Waals surface area contributed by atoms with E-state index < -0.39 is 11.8 Å². The number of carbonyl (C=O) groups excluding carboxylic acids is 1. The van der Waals surface area contributed by atoms with Crippen LogP contribution < -0.4 is 5.32 Å². The zero-order valence-corrected chi connectivity index (χ0v) is 11.9. The number of furan rings is 1. The number of anilines is 1. The van der Waals surface area contributed by atoms with E-state index in [1.807, 2.05) is 0 Å². The predicted octanol–water partition coefficient (Wildman–Crippen LogP) is 4.12. The molecule has 4 nitrogen and oxygen atoms in total. The van der Waals surface area contributed by atoms with E-state index in [1.165, 1.54) is 13.2 Å². The van der Waals surface area contributed by atoms with Crippen LogP contribution in [0.5, 0.6) is 0 Å². The molecule has 0 fully saturated rings. The lowest BCUT2D eigenvalue weighted by atomic mass is 10.3. The number of nitrogens with one attached hydrogen (secondary N) is 1. The van der Waals surface area contributed by atoms with Crippen LogP contribution in [-0.4, -0.2) is 13.1 Å². The summed E-state index contributed by atoms with van der Waals surface area (Å²) in [4.78, 5) is 11.2. The minimum absolute atomic E-state index is 0.0978. The van der Waals surface area contributed by atoms with Crippen molar-refractivity contribution < 1.29 is 18.3 Å². The summed E-state index contributed by atoms with van der Waals surface area (Å²) in [5.41, 5.74) is 0.394. The molecule has 1 aromatic carbocycles. The zero-order chi connectivity index (χ0) is 14.7. The van der Waals surface area contributed by atoms with Gasteiger partial charge < -0.3 is 14.5 Å². The fourth-order valence-corrected chi connectivity index (χ4v) is 2.16. The number of hydrogen-bond acceptors (Lipinski definition) is 4. The predicted molar refractivity (Wildman–Crippen MR) is 73.8 cm³/mol. The molecule has 0 saturated heterocycles. The zero-order valence-electron chi connectivity index (χ0n) is 10.4. The second kappa shape index (κ2) is 6.15. The summed E-state index contributed by atoms with van der Waals surface area (Å²) in [6, 6.07) is 5.41. The van der Waals surface area contributed by atoms with Gasteiger partial charge in [-0.05, 0) is 24.3 Å². The van der Waals surface area contributed by atoms with Crippen LogP contribution in [0.1, 0.15) is 16.3 Å². The third kappa shape index (κ3) is 3.23. The van der Waals surface area contributed by atoms with E-state index in [0.29, 0.717) is 11.4 Å². The van der Waals surface area contributed by atoms with Crippen molar-refractivity contribution in [3.63, 3.8) is 0 Å². The SMILES string of the molecule is COC(=O)c1ccc(CNc2c(Cl)cc(F)cc2Cl)o1. The summed E-state index contributed by atoms with van der Waals surface area (Å²) in [6.45, 7) is 0.238. The number of ether oxygens (including phenoxy) is 1. The summed E-state index contributed by atoms with van der Waals surface area (Å²) in [5.74, 6) is -0.493. The van der Waals surface area contributed by atoms with Gasteiger partial charge in [-0.3, -0.25) is 0 Å². The molecule has 0 unspecified atom stereocenters. The standard InChI is InChI=1S/C13H10Cl2FNO3/c1-19-13(18)11-3-2-8(20-11)6-17-12-9(14)4-7(16)5-10(12)15/h2-5,17H,6H2,1H3. The van der Waals surface area contributed by atoms with E-state index in [9.17, 15) is 9.18 Å². The molecule has 0 radical (unpaired) electrons. The number of esters is 1. The molecule has 0 saturated carbocycles. The van der Waals surface area contributed by atoms with Crippen LogP contribution in [0, 0.1) is 5.82 Å². The molecule has 2 aromatic rings. The van der Waals surface area contributed by atoms with Crippen LogP contribution in [0.2, 0.25) is 10.0 Å². The van der Waals surface area contributed by atoms with Crippen LogP contribution in [0.15, 0.2) is 28.7 Å². The maximum atomic E-state index is 13.0. The fraction of sp³-hybridized carbons (Fsp3) is 0.154. The van der Waals surface area contributed by atoms with Gasteiger partial charge in [0.15, 0.2) is 0 Å². The lowest BCUT2D eigenvalue weighted by Gasteiger charge is -2.09. The summed E-state index contributed by atoms with van der Waals surface area (Å²) in [5, 5.41) is 3.24. The minimum Gasteiger partial charge on any atom is -0.463 e. The average molecular weight is 318 g/mol. The molecule has 1 N–H and O–H groups in total. The molecule has 0 aliphatic heterocycles. The van der Waals surface area contributed by atoms with E-state index in [-0.39, 0.29) is 22.4 Å². The molecule has 1 aromatic heterocycles. The Morgan fingerprint density at radius 1 is 1.35 bits per heavy atom. The topological polar surface area (TPSA) is 51.5 Å². The van der Waals surface area contributed by atoms with E-state index in [1.54, 1.807) is 6.07 Å². The third-order valence-corrected chi connectivity index (χ3v) is 3.09. The van der Waals surface area contributed by atoms with E-state index in [4.69, 9.17) is 27.6 Å².